The van der Waals surface area contributed by atoms with Gasteiger partial charge in [0, 0.05) is 26.1 Å². The van der Waals surface area contributed by atoms with Gasteiger partial charge in [0.1, 0.15) is 5.75 Å². The Morgan fingerprint density at radius 3 is 3.10 bits per heavy atom. The topological polar surface area (TPSA) is 24.5 Å². The number of nitrogens with one attached hydrogen (secondary N) is 1. The zero-order valence-electron chi connectivity index (χ0n) is 12.6. The fourth-order valence-electron chi connectivity index (χ4n) is 4.05. The molecule has 1 unspecified atom stereocenters. The van der Waals surface area contributed by atoms with Gasteiger partial charge in [-0.1, -0.05) is 12.1 Å². The summed E-state index contributed by atoms with van der Waals surface area (Å²) in [5.74, 6) is 1.10. The van der Waals surface area contributed by atoms with Crippen LogP contribution in [0.15, 0.2) is 18.2 Å². The summed E-state index contributed by atoms with van der Waals surface area (Å²) in [6.45, 7) is 7.12. The maximum Gasteiger partial charge on any atom is 0.122 e. The lowest BCUT2D eigenvalue weighted by molar-refractivity contribution is 0.277. The van der Waals surface area contributed by atoms with Crippen LogP contribution in [0.2, 0.25) is 0 Å². The SMILES string of the molecule is Cl.c1cc2c(cc1CCN1CCC3(CCNC3)C1)CCO2. The normalized spacial score (nSPS) is 27.6. The molecule has 2 saturated heterocycles. The van der Waals surface area contributed by atoms with Gasteiger partial charge in [-0.3, -0.25) is 0 Å². The van der Waals surface area contributed by atoms with E-state index in [-0.39, 0.29) is 12.4 Å². The van der Waals surface area contributed by atoms with Crippen molar-refractivity contribution in [1.29, 1.82) is 0 Å². The van der Waals surface area contributed by atoms with Crippen molar-refractivity contribution in [2.45, 2.75) is 25.7 Å². The van der Waals surface area contributed by atoms with Gasteiger partial charge in [0.05, 0.1) is 6.61 Å². The van der Waals surface area contributed by atoms with Crippen molar-refractivity contribution >= 4 is 12.4 Å². The minimum atomic E-state index is 0. The minimum absolute atomic E-state index is 0. The van der Waals surface area contributed by atoms with Gasteiger partial charge < -0.3 is 15.0 Å². The summed E-state index contributed by atoms with van der Waals surface area (Å²) in [6.07, 6.45) is 5.02. The van der Waals surface area contributed by atoms with E-state index in [1.165, 1.54) is 63.1 Å². The second-order valence-corrected chi connectivity index (χ2v) is 6.74. The smallest absolute Gasteiger partial charge is 0.122 e. The average molecular weight is 309 g/mol. The molecule has 2 fully saturated rings. The molecule has 0 saturated carbocycles. The quantitative estimate of drug-likeness (QED) is 0.927. The Labute approximate surface area is 133 Å². The van der Waals surface area contributed by atoms with Crippen molar-refractivity contribution < 1.29 is 4.74 Å². The van der Waals surface area contributed by atoms with E-state index < -0.39 is 0 Å². The first kappa shape index (κ1) is 15.1. The van der Waals surface area contributed by atoms with E-state index in [0.717, 1.165) is 18.8 Å². The molecule has 1 aromatic rings. The highest BCUT2D eigenvalue weighted by molar-refractivity contribution is 5.85. The largest absolute Gasteiger partial charge is 0.493 e. The molecule has 21 heavy (non-hydrogen) atoms. The molecule has 3 aliphatic heterocycles. The molecule has 0 radical (unpaired) electrons. The minimum Gasteiger partial charge on any atom is -0.493 e. The molecule has 116 valence electrons. The van der Waals surface area contributed by atoms with Crippen LogP contribution in [0.25, 0.3) is 0 Å². The van der Waals surface area contributed by atoms with Crippen LogP contribution in [0.1, 0.15) is 24.0 Å². The molecule has 1 atom stereocenters. The number of ether oxygens (including phenoxy) is 1. The molecule has 0 amide bonds. The molecule has 1 N–H and O–H groups in total. The lowest BCUT2D eigenvalue weighted by Gasteiger charge is -2.22. The predicted molar refractivity (Wildman–Crippen MR) is 87.6 cm³/mol. The number of likely N-dealkylation sites (tertiary alicyclic amines) is 1. The van der Waals surface area contributed by atoms with Crippen LogP contribution in [-0.4, -0.2) is 44.2 Å². The molecule has 0 aliphatic carbocycles. The van der Waals surface area contributed by atoms with Crippen molar-refractivity contribution in [3.05, 3.63) is 29.3 Å². The fraction of sp³-hybridized carbons (Fsp3) is 0.647. The number of hydrogen-bond acceptors (Lipinski definition) is 3. The summed E-state index contributed by atoms with van der Waals surface area (Å²) in [5.41, 5.74) is 3.48. The molecule has 1 spiro atoms. The van der Waals surface area contributed by atoms with E-state index >= 15 is 0 Å². The van der Waals surface area contributed by atoms with Crippen LogP contribution in [0.5, 0.6) is 5.75 Å². The van der Waals surface area contributed by atoms with Gasteiger partial charge >= 0.3 is 0 Å². The predicted octanol–water partition coefficient (Wildman–Crippen LogP) is 2.27. The van der Waals surface area contributed by atoms with E-state index in [0.29, 0.717) is 5.41 Å². The number of halogens is 1. The van der Waals surface area contributed by atoms with Gasteiger partial charge in [0.25, 0.3) is 0 Å². The summed E-state index contributed by atoms with van der Waals surface area (Å²) < 4.78 is 5.58. The first-order valence-electron chi connectivity index (χ1n) is 8.01. The first-order chi connectivity index (χ1) is 9.83. The Bertz CT molecular complexity index is 500. The van der Waals surface area contributed by atoms with Gasteiger partial charge in [-0.2, -0.15) is 0 Å². The highest BCUT2D eigenvalue weighted by Gasteiger charge is 2.39. The third kappa shape index (κ3) is 3.05. The number of fused-ring (bicyclic) bond motifs is 1. The van der Waals surface area contributed by atoms with Gasteiger partial charge in [-0.15, -0.1) is 12.4 Å². The van der Waals surface area contributed by atoms with E-state index in [2.05, 4.69) is 28.4 Å². The van der Waals surface area contributed by atoms with Crippen molar-refractivity contribution in [3.63, 3.8) is 0 Å². The molecular formula is C17H25ClN2O. The molecule has 3 heterocycles. The zero-order chi connectivity index (χ0) is 13.4. The maximum atomic E-state index is 5.58. The standard InChI is InChI=1S/C17H24N2O.ClH/c1-2-16-15(4-10-20-16)11-14(1)3-8-19-9-6-17(13-19)5-7-18-12-17;/h1-2,11,18H,3-10,12-13H2;1H. The highest BCUT2D eigenvalue weighted by Crippen LogP contribution is 2.36. The van der Waals surface area contributed by atoms with Crippen molar-refractivity contribution in [1.82, 2.24) is 10.2 Å². The molecule has 4 heteroatoms. The lowest BCUT2D eigenvalue weighted by atomic mass is 9.87. The van der Waals surface area contributed by atoms with Crippen molar-refractivity contribution in [3.8, 4) is 5.75 Å². The first-order valence-corrected chi connectivity index (χ1v) is 8.01. The van der Waals surface area contributed by atoms with E-state index in [4.69, 9.17) is 4.74 Å². The summed E-state index contributed by atoms with van der Waals surface area (Å²) in [4.78, 5) is 2.66. The van der Waals surface area contributed by atoms with Crippen LogP contribution >= 0.6 is 12.4 Å². The van der Waals surface area contributed by atoms with Crippen molar-refractivity contribution in [2.75, 3.05) is 39.3 Å². The van der Waals surface area contributed by atoms with Gasteiger partial charge in [-0.25, -0.2) is 0 Å². The zero-order valence-corrected chi connectivity index (χ0v) is 13.4. The maximum absolute atomic E-state index is 5.58. The van der Waals surface area contributed by atoms with E-state index in [1.54, 1.807) is 0 Å². The Hall–Kier alpha value is -0.770. The molecule has 3 nitrogen and oxygen atoms in total. The Morgan fingerprint density at radius 1 is 1.29 bits per heavy atom. The molecule has 4 rings (SSSR count). The molecule has 0 aromatic heterocycles. The van der Waals surface area contributed by atoms with Gasteiger partial charge in [0.15, 0.2) is 0 Å². The summed E-state index contributed by atoms with van der Waals surface area (Å²) >= 11 is 0. The van der Waals surface area contributed by atoms with Crippen molar-refractivity contribution in [2.24, 2.45) is 5.41 Å². The summed E-state index contributed by atoms with van der Waals surface area (Å²) in [5, 5.41) is 3.54. The van der Waals surface area contributed by atoms with Crippen LogP contribution in [0.3, 0.4) is 0 Å². The Balaban J connectivity index is 0.00000132. The number of benzene rings is 1. The Morgan fingerprint density at radius 2 is 2.24 bits per heavy atom. The highest BCUT2D eigenvalue weighted by atomic mass is 35.5. The van der Waals surface area contributed by atoms with Crippen LogP contribution in [0, 0.1) is 5.41 Å². The van der Waals surface area contributed by atoms with Crippen LogP contribution in [0.4, 0.5) is 0 Å². The fourth-order valence-corrected chi connectivity index (χ4v) is 4.05. The third-order valence-corrected chi connectivity index (χ3v) is 5.32. The van der Waals surface area contributed by atoms with Crippen LogP contribution in [-0.2, 0) is 12.8 Å². The van der Waals surface area contributed by atoms with Gasteiger partial charge in [0.2, 0.25) is 0 Å². The second-order valence-electron chi connectivity index (χ2n) is 6.74. The monoisotopic (exact) mass is 308 g/mol. The third-order valence-electron chi connectivity index (χ3n) is 5.32. The molecule has 3 aliphatic rings. The molecular weight excluding hydrogens is 284 g/mol. The second kappa shape index (κ2) is 6.15. The summed E-state index contributed by atoms with van der Waals surface area (Å²) in [6, 6.07) is 6.75. The average Bonchev–Trinajstić information content (AvgIpc) is 3.19. The van der Waals surface area contributed by atoms with Crippen LogP contribution < -0.4 is 10.1 Å². The van der Waals surface area contributed by atoms with Gasteiger partial charge in [-0.05, 0) is 55.0 Å². The summed E-state index contributed by atoms with van der Waals surface area (Å²) in [7, 11) is 0. The van der Waals surface area contributed by atoms with E-state index in [9.17, 15) is 0 Å². The van der Waals surface area contributed by atoms with E-state index in [1.807, 2.05) is 0 Å². The number of nitrogens with zero attached hydrogens (tertiary/aromatic N) is 1. The number of hydrogen-bond donors (Lipinski definition) is 1. The molecule has 1 aromatic carbocycles. The number of rotatable bonds is 3. The lowest BCUT2D eigenvalue weighted by Crippen LogP contribution is -2.30. The Kier molecular flexibility index (Phi) is 4.43. The molecule has 0 bridgehead atoms.